The maximum absolute atomic E-state index is 13.4. The van der Waals surface area contributed by atoms with Crippen LogP contribution in [0.15, 0.2) is 42.6 Å². The number of halogens is 1. The fourth-order valence-corrected chi connectivity index (χ4v) is 3.66. The molecule has 4 rings (SSSR count). The molecule has 1 N–H and O–H groups in total. The monoisotopic (exact) mass is 402 g/mol. The third-order valence-corrected chi connectivity index (χ3v) is 5.07. The zero-order valence-electron chi connectivity index (χ0n) is 14.6. The Balaban J connectivity index is 0.00000140. The number of pyridine rings is 1. The number of fused-ring (bicyclic) bond motifs is 1. The highest BCUT2D eigenvalue weighted by Crippen LogP contribution is 2.30. The number of anilines is 1. The second kappa shape index (κ2) is 8.56. The Bertz CT molecular complexity index is 964. The number of hydrogen-bond acceptors (Lipinski definition) is 3. The Hall–Kier alpha value is -2.67. The van der Waals surface area contributed by atoms with Gasteiger partial charge >= 0.3 is 0 Å². The summed E-state index contributed by atoms with van der Waals surface area (Å²) in [4.78, 5) is 6.27. The van der Waals surface area contributed by atoms with Gasteiger partial charge in [0.2, 0.25) is 5.88 Å². The van der Waals surface area contributed by atoms with Crippen molar-refractivity contribution in [1.82, 2.24) is 14.5 Å². The molecule has 0 aliphatic carbocycles. The van der Waals surface area contributed by atoms with Crippen LogP contribution in [0.1, 0.15) is 26.6 Å². The third kappa shape index (κ3) is 3.94. The number of hydrogen-bond donors (Lipinski definition) is 1. The number of methoxy groups -OCH3 is 1. The van der Waals surface area contributed by atoms with E-state index in [-0.39, 0.29) is 20.7 Å². The molecule has 0 atom stereocenters. The quantitative estimate of drug-likeness (QED) is 0.623. The lowest BCUT2D eigenvalue weighted by Gasteiger charge is -2.42. The van der Waals surface area contributed by atoms with Crippen LogP contribution >= 0.6 is 12.2 Å². The van der Waals surface area contributed by atoms with Crippen LogP contribution in [0.2, 0.25) is 0 Å². The van der Waals surface area contributed by atoms with Crippen molar-refractivity contribution in [2.75, 3.05) is 25.5 Å². The maximum Gasteiger partial charge on any atom is 0.213 e. The first-order valence-electron chi connectivity index (χ1n) is 8.38. The van der Waals surface area contributed by atoms with E-state index in [1.54, 1.807) is 25.4 Å². The summed E-state index contributed by atoms with van der Waals surface area (Å²) in [7, 11) is 1.58. The minimum Gasteiger partial charge on any atom is -0.481 e. The fraction of sp³-hybridized carbons (Fsp3) is 0.333. The molecule has 1 fully saturated rings. The van der Waals surface area contributed by atoms with E-state index in [2.05, 4.69) is 26.7 Å². The van der Waals surface area contributed by atoms with Gasteiger partial charge < -0.3 is 19.5 Å². The van der Waals surface area contributed by atoms with Gasteiger partial charge in [-0.2, -0.15) is 0 Å². The van der Waals surface area contributed by atoms with Gasteiger partial charge in [0.05, 0.1) is 25.0 Å². The van der Waals surface area contributed by atoms with Crippen LogP contribution in [0.25, 0.3) is 10.9 Å². The summed E-state index contributed by atoms with van der Waals surface area (Å²) in [5, 5.41) is 4.81. The van der Waals surface area contributed by atoms with Crippen molar-refractivity contribution in [3.8, 4) is 5.88 Å². The smallest absolute Gasteiger partial charge is 0.213 e. The fourth-order valence-electron chi connectivity index (χ4n) is 3.39. The molecular formula is C21H27FN4OS. The third-order valence-electron chi connectivity index (χ3n) is 4.70. The summed E-state index contributed by atoms with van der Waals surface area (Å²) in [6.45, 7) is 3.69. The van der Waals surface area contributed by atoms with Crippen molar-refractivity contribution in [1.29, 1.82) is 0 Å². The number of ether oxygens (including phenoxy) is 1. The molecule has 1 aliphatic heterocycles. The molecular weight excluding hydrogens is 375 g/mol. The zero-order chi connectivity index (χ0) is 18.3. The second-order valence-corrected chi connectivity index (χ2v) is 6.82. The number of nitrogens with one attached hydrogen (secondary N) is 1. The Morgan fingerprint density at radius 3 is 2.61 bits per heavy atom. The molecule has 0 unspecified atom stereocenters. The second-order valence-electron chi connectivity index (χ2n) is 6.44. The molecule has 0 radical (unpaired) electrons. The normalized spacial score (nSPS) is 13.3. The highest BCUT2D eigenvalue weighted by Gasteiger charge is 2.31. The number of nitrogens with zero attached hydrogens (tertiary/aromatic N) is 3. The van der Waals surface area contributed by atoms with Gasteiger partial charge in [-0.05, 0) is 49.5 Å². The van der Waals surface area contributed by atoms with E-state index in [0.29, 0.717) is 17.0 Å². The molecule has 1 saturated heterocycles. The Morgan fingerprint density at radius 2 is 1.96 bits per heavy atom. The average molecular weight is 403 g/mol. The van der Waals surface area contributed by atoms with Crippen LogP contribution < -0.4 is 10.1 Å². The van der Waals surface area contributed by atoms with Crippen molar-refractivity contribution in [2.45, 2.75) is 27.8 Å². The summed E-state index contributed by atoms with van der Waals surface area (Å²) in [5.74, 6) is 0.361. The van der Waals surface area contributed by atoms with E-state index < -0.39 is 0 Å². The van der Waals surface area contributed by atoms with E-state index >= 15 is 0 Å². The molecule has 3 heterocycles. The average Bonchev–Trinajstić information content (AvgIpc) is 2.89. The predicted molar refractivity (Wildman–Crippen MR) is 118 cm³/mol. The van der Waals surface area contributed by atoms with Gasteiger partial charge in [0.15, 0.2) is 5.11 Å². The topological polar surface area (TPSA) is 42.3 Å². The largest absolute Gasteiger partial charge is 0.481 e. The molecule has 1 aliphatic rings. The first-order chi connectivity index (χ1) is 12.5. The van der Waals surface area contributed by atoms with Crippen molar-refractivity contribution in [3.63, 3.8) is 0 Å². The molecule has 0 saturated carbocycles. The number of likely N-dealkylation sites (tertiary alicyclic amines) is 1. The summed E-state index contributed by atoms with van der Waals surface area (Å²) < 4.78 is 20.8. The van der Waals surface area contributed by atoms with Crippen LogP contribution in [-0.4, -0.2) is 39.8 Å². The first-order valence-corrected chi connectivity index (χ1v) is 8.79. The van der Waals surface area contributed by atoms with Crippen molar-refractivity contribution in [3.05, 3.63) is 54.1 Å². The highest BCUT2D eigenvalue weighted by molar-refractivity contribution is 7.80. The number of aromatic nitrogens is 2. The zero-order valence-corrected chi connectivity index (χ0v) is 15.4. The summed E-state index contributed by atoms with van der Waals surface area (Å²) in [6.07, 6.45) is 1.69. The molecule has 150 valence electrons. The maximum atomic E-state index is 13.4. The van der Waals surface area contributed by atoms with Gasteiger partial charge in [0.25, 0.3) is 0 Å². The van der Waals surface area contributed by atoms with E-state index in [0.717, 1.165) is 35.4 Å². The van der Waals surface area contributed by atoms with Gasteiger partial charge in [0, 0.05) is 35.8 Å². The molecule has 0 bridgehead atoms. The standard InChI is InChI=1S/C19H19FN4OS.2CH4/c1-12-7-13-8-14(20)3-5-17(13)24(12)16-10-23(11-16)19(26)22-15-4-6-18(25-2)21-9-15;;/h3-9,16H,10-11H2,1-2H3,(H,22,26);2*1H4. The van der Waals surface area contributed by atoms with Crippen molar-refractivity contribution in [2.24, 2.45) is 0 Å². The lowest BCUT2D eigenvalue weighted by molar-refractivity contribution is 0.198. The van der Waals surface area contributed by atoms with E-state index in [4.69, 9.17) is 17.0 Å². The molecule has 5 nitrogen and oxygen atoms in total. The Kier molecular flexibility index (Phi) is 6.61. The number of benzene rings is 1. The lowest BCUT2D eigenvalue weighted by Crippen LogP contribution is -2.52. The van der Waals surface area contributed by atoms with Crippen LogP contribution in [0.3, 0.4) is 0 Å². The Morgan fingerprint density at radius 1 is 1.21 bits per heavy atom. The molecule has 3 aromatic rings. The molecule has 7 heteroatoms. The van der Waals surface area contributed by atoms with E-state index in [1.165, 1.54) is 6.07 Å². The van der Waals surface area contributed by atoms with Gasteiger partial charge in [-0.3, -0.25) is 0 Å². The number of thiocarbonyl (C=S) groups is 1. The summed E-state index contributed by atoms with van der Waals surface area (Å²) in [6, 6.07) is 11.0. The van der Waals surface area contributed by atoms with Crippen LogP contribution in [0, 0.1) is 12.7 Å². The minimum atomic E-state index is -0.205. The first kappa shape index (κ1) is 21.6. The van der Waals surface area contributed by atoms with Gasteiger partial charge in [-0.25, -0.2) is 9.37 Å². The van der Waals surface area contributed by atoms with Crippen molar-refractivity contribution >= 4 is 33.9 Å². The van der Waals surface area contributed by atoms with Gasteiger partial charge in [0.1, 0.15) is 5.82 Å². The SMILES string of the molecule is C.C.COc1ccc(NC(=S)N2CC(n3c(C)cc4cc(F)ccc43)C2)cn1. The molecule has 28 heavy (non-hydrogen) atoms. The predicted octanol–water partition coefficient (Wildman–Crippen LogP) is 5.02. The molecule has 0 spiro atoms. The summed E-state index contributed by atoms with van der Waals surface area (Å²) in [5.41, 5.74) is 3.03. The lowest BCUT2D eigenvalue weighted by atomic mass is 10.1. The minimum absolute atomic E-state index is 0. The van der Waals surface area contributed by atoms with Crippen molar-refractivity contribution < 1.29 is 9.13 Å². The van der Waals surface area contributed by atoms with Crippen LogP contribution in [-0.2, 0) is 0 Å². The Labute approximate surface area is 171 Å². The van der Waals surface area contributed by atoms with E-state index in [9.17, 15) is 4.39 Å². The number of aryl methyl sites for hydroxylation is 1. The highest BCUT2D eigenvalue weighted by atomic mass is 32.1. The molecule has 1 aromatic carbocycles. The van der Waals surface area contributed by atoms with E-state index in [1.807, 2.05) is 18.2 Å². The molecule has 0 amide bonds. The molecule has 2 aromatic heterocycles. The van der Waals surface area contributed by atoms with Crippen LogP contribution in [0.4, 0.5) is 10.1 Å². The van der Waals surface area contributed by atoms with Gasteiger partial charge in [-0.1, -0.05) is 14.9 Å². The summed E-state index contributed by atoms with van der Waals surface area (Å²) >= 11 is 5.50. The van der Waals surface area contributed by atoms with Gasteiger partial charge in [-0.15, -0.1) is 0 Å². The van der Waals surface area contributed by atoms with Crippen LogP contribution in [0.5, 0.6) is 5.88 Å². The number of rotatable bonds is 3.